The molecule has 1 aliphatic rings. The summed E-state index contributed by atoms with van der Waals surface area (Å²) in [6, 6.07) is 2.29. The van der Waals surface area contributed by atoms with Crippen LogP contribution < -0.4 is 0 Å². The molecule has 0 aromatic carbocycles. The third-order valence-electron chi connectivity index (χ3n) is 4.08. The highest BCUT2D eigenvalue weighted by atomic mass is 32.2. The molecule has 1 aliphatic heterocycles. The summed E-state index contributed by atoms with van der Waals surface area (Å²) in [6.45, 7) is 4.22. The monoisotopic (exact) mass is 300 g/mol. The van der Waals surface area contributed by atoms with E-state index in [0.29, 0.717) is 25.3 Å². The molecule has 1 fully saturated rings. The molecule has 5 nitrogen and oxygen atoms in total. The van der Waals surface area contributed by atoms with Crippen LogP contribution in [0.1, 0.15) is 44.8 Å². The molecule has 6 heteroatoms. The number of sulfone groups is 1. The molecule has 0 bridgehead atoms. The summed E-state index contributed by atoms with van der Waals surface area (Å²) in [5.41, 5.74) is 0.874. The van der Waals surface area contributed by atoms with E-state index in [1.807, 2.05) is 16.9 Å². The number of aliphatic hydroxyl groups excluding tert-OH is 1. The fraction of sp³-hybridized carbons (Fsp3) is 0.786. The SMILES string of the molecule is CCC(C)n1ccc(CC(O)CC2CCS(=O)(=O)C2)n1. The molecular weight excluding hydrogens is 276 g/mol. The van der Waals surface area contributed by atoms with Gasteiger partial charge in [0, 0.05) is 18.7 Å². The van der Waals surface area contributed by atoms with Crippen molar-refractivity contribution in [2.24, 2.45) is 5.92 Å². The summed E-state index contributed by atoms with van der Waals surface area (Å²) in [4.78, 5) is 0. The van der Waals surface area contributed by atoms with Gasteiger partial charge in [-0.1, -0.05) is 6.92 Å². The van der Waals surface area contributed by atoms with Gasteiger partial charge in [-0.25, -0.2) is 8.42 Å². The van der Waals surface area contributed by atoms with Crippen molar-refractivity contribution in [1.29, 1.82) is 0 Å². The Bertz CT molecular complexity index is 538. The smallest absolute Gasteiger partial charge is 0.150 e. The Kier molecular flexibility index (Phi) is 4.86. The molecule has 3 atom stereocenters. The fourth-order valence-corrected chi connectivity index (χ4v) is 4.57. The molecule has 0 radical (unpaired) electrons. The Morgan fingerprint density at radius 3 is 2.90 bits per heavy atom. The van der Waals surface area contributed by atoms with Gasteiger partial charge in [0.05, 0.1) is 23.3 Å². The van der Waals surface area contributed by atoms with Crippen LogP contribution in [0.5, 0.6) is 0 Å². The minimum atomic E-state index is -2.86. The molecule has 20 heavy (non-hydrogen) atoms. The van der Waals surface area contributed by atoms with E-state index < -0.39 is 15.9 Å². The zero-order chi connectivity index (χ0) is 14.8. The Labute approximate surface area is 120 Å². The van der Waals surface area contributed by atoms with Gasteiger partial charge < -0.3 is 5.11 Å². The first kappa shape index (κ1) is 15.5. The van der Waals surface area contributed by atoms with Gasteiger partial charge in [-0.2, -0.15) is 5.10 Å². The van der Waals surface area contributed by atoms with Crippen molar-refractivity contribution < 1.29 is 13.5 Å². The molecule has 1 aromatic rings. The zero-order valence-electron chi connectivity index (χ0n) is 12.2. The van der Waals surface area contributed by atoms with E-state index in [9.17, 15) is 13.5 Å². The van der Waals surface area contributed by atoms with Gasteiger partial charge in [-0.05, 0) is 38.2 Å². The Morgan fingerprint density at radius 2 is 2.30 bits per heavy atom. The van der Waals surface area contributed by atoms with Crippen molar-refractivity contribution >= 4 is 9.84 Å². The third-order valence-corrected chi connectivity index (χ3v) is 5.92. The summed E-state index contributed by atoms with van der Waals surface area (Å²) in [7, 11) is -2.86. The molecule has 1 aromatic heterocycles. The predicted molar refractivity (Wildman–Crippen MR) is 78.3 cm³/mol. The average Bonchev–Trinajstić information content (AvgIpc) is 2.95. The maximum Gasteiger partial charge on any atom is 0.150 e. The number of nitrogens with zero attached hydrogens (tertiary/aromatic N) is 2. The van der Waals surface area contributed by atoms with E-state index >= 15 is 0 Å². The van der Waals surface area contributed by atoms with E-state index in [2.05, 4.69) is 18.9 Å². The Balaban J connectivity index is 1.85. The van der Waals surface area contributed by atoms with Crippen LogP contribution in [0, 0.1) is 5.92 Å². The zero-order valence-corrected chi connectivity index (χ0v) is 13.0. The third kappa shape index (κ3) is 4.06. The molecule has 1 N–H and O–H groups in total. The van der Waals surface area contributed by atoms with Gasteiger partial charge in [-0.3, -0.25) is 4.68 Å². The Hall–Kier alpha value is -0.880. The van der Waals surface area contributed by atoms with E-state index in [-0.39, 0.29) is 17.4 Å². The molecule has 0 saturated carbocycles. The highest BCUT2D eigenvalue weighted by Crippen LogP contribution is 2.24. The van der Waals surface area contributed by atoms with Gasteiger partial charge in [0.15, 0.2) is 9.84 Å². The molecule has 0 amide bonds. The lowest BCUT2D eigenvalue weighted by Gasteiger charge is -2.13. The quantitative estimate of drug-likeness (QED) is 0.866. The van der Waals surface area contributed by atoms with Crippen LogP contribution >= 0.6 is 0 Å². The van der Waals surface area contributed by atoms with Gasteiger partial charge in [0.2, 0.25) is 0 Å². The van der Waals surface area contributed by atoms with Crippen LogP contribution in [0.15, 0.2) is 12.3 Å². The van der Waals surface area contributed by atoms with Crippen LogP contribution in [0.3, 0.4) is 0 Å². The van der Waals surface area contributed by atoms with Gasteiger partial charge >= 0.3 is 0 Å². The molecule has 2 heterocycles. The van der Waals surface area contributed by atoms with Crippen molar-refractivity contribution in [3.63, 3.8) is 0 Å². The highest BCUT2D eigenvalue weighted by molar-refractivity contribution is 7.91. The second kappa shape index (κ2) is 6.26. The maximum atomic E-state index is 11.4. The summed E-state index contributed by atoms with van der Waals surface area (Å²) in [5.74, 6) is 0.602. The molecule has 2 rings (SSSR count). The molecule has 0 spiro atoms. The molecule has 114 valence electrons. The Morgan fingerprint density at radius 1 is 1.55 bits per heavy atom. The van der Waals surface area contributed by atoms with Crippen LogP contribution in [-0.2, 0) is 16.3 Å². The van der Waals surface area contributed by atoms with Crippen molar-refractivity contribution in [2.75, 3.05) is 11.5 Å². The first-order valence-electron chi connectivity index (χ1n) is 7.32. The van der Waals surface area contributed by atoms with Crippen LogP contribution in [0.4, 0.5) is 0 Å². The minimum absolute atomic E-state index is 0.103. The summed E-state index contributed by atoms with van der Waals surface area (Å²) in [6.07, 6.45) is 4.18. The fourth-order valence-electron chi connectivity index (χ4n) is 2.69. The lowest BCUT2D eigenvalue weighted by atomic mass is 9.98. The number of aromatic nitrogens is 2. The predicted octanol–water partition coefficient (Wildman–Crippen LogP) is 1.58. The second-order valence-corrected chi connectivity index (χ2v) is 8.14. The molecule has 3 unspecified atom stereocenters. The van der Waals surface area contributed by atoms with Crippen LogP contribution in [0.25, 0.3) is 0 Å². The minimum Gasteiger partial charge on any atom is -0.393 e. The van der Waals surface area contributed by atoms with Crippen LogP contribution in [-0.4, -0.2) is 40.9 Å². The van der Waals surface area contributed by atoms with Crippen molar-refractivity contribution in [1.82, 2.24) is 9.78 Å². The topological polar surface area (TPSA) is 72.2 Å². The molecule has 1 saturated heterocycles. The summed E-state index contributed by atoms with van der Waals surface area (Å²) >= 11 is 0. The van der Waals surface area contributed by atoms with Gasteiger partial charge in [0.1, 0.15) is 0 Å². The van der Waals surface area contributed by atoms with Crippen molar-refractivity contribution in [3.8, 4) is 0 Å². The first-order chi connectivity index (χ1) is 9.39. The lowest BCUT2D eigenvalue weighted by Crippen LogP contribution is -2.18. The van der Waals surface area contributed by atoms with Crippen LogP contribution in [0.2, 0.25) is 0 Å². The summed E-state index contributed by atoms with van der Waals surface area (Å²) in [5, 5.41) is 14.6. The largest absolute Gasteiger partial charge is 0.393 e. The van der Waals surface area contributed by atoms with E-state index in [1.165, 1.54) is 0 Å². The van der Waals surface area contributed by atoms with Crippen molar-refractivity contribution in [3.05, 3.63) is 18.0 Å². The lowest BCUT2D eigenvalue weighted by molar-refractivity contribution is 0.145. The summed E-state index contributed by atoms with van der Waals surface area (Å²) < 4.78 is 24.7. The van der Waals surface area contributed by atoms with Crippen molar-refractivity contribution in [2.45, 2.75) is 51.7 Å². The first-order valence-corrected chi connectivity index (χ1v) is 9.14. The van der Waals surface area contributed by atoms with E-state index in [1.54, 1.807) is 0 Å². The highest BCUT2D eigenvalue weighted by Gasteiger charge is 2.29. The normalized spacial score (nSPS) is 24.6. The number of rotatable bonds is 6. The van der Waals surface area contributed by atoms with Gasteiger partial charge in [-0.15, -0.1) is 0 Å². The van der Waals surface area contributed by atoms with Gasteiger partial charge in [0.25, 0.3) is 0 Å². The molecule has 0 aliphatic carbocycles. The van der Waals surface area contributed by atoms with E-state index in [4.69, 9.17) is 0 Å². The maximum absolute atomic E-state index is 11.4. The second-order valence-electron chi connectivity index (χ2n) is 5.91. The number of aliphatic hydroxyl groups is 1. The standard InChI is InChI=1S/C14H24N2O3S/c1-3-11(2)16-6-4-13(15-16)9-14(17)8-12-5-7-20(18,19)10-12/h4,6,11-12,14,17H,3,5,7-10H2,1-2H3. The number of hydrogen-bond acceptors (Lipinski definition) is 4. The van der Waals surface area contributed by atoms with E-state index in [0.717, 1.165) is 12.1 Å². The molecular formula is C14H24N2O3S. The average molecular weight is 300 g/mol. The number of hydrogen-bond donors (Lipinski definition) is 1.